The number of nitrogens with two attached hydrogens (primary N) is 1. The lowest BCUT2D eigenvalue weighted by atomic mass is 9.82. The molecule has 0 aliphatic carbocycles. The molecule has 0 unspecified atom stereocenters. The van der Waals surface area contributed by atoms with E-state index in [2.05, 4.69) is 20.7 Å². The van der Waals surface area contributed by atoms with Gasteiger partial charge in [0.25, 0.3) is 0 Å². The van der Waals surface area contributed by atoms with Gasteiger partial charge in [-0.05, 0) is 53.7 Å². The van der Waals surface area contributed by atoms with Crippen LogP contribution in [0.25, 0.3) is 0 Å². The van der Waals surface area contributed by atoms with E-state index in [1.807, 2.05) is 34.6 Å². The number of hydrogen-bond acceptors (Lipinski definition) is 3. The van der Waals surface area contributed by atoms with E-state index in [4.69, 9.17) is 5.73 Å². The molecule has 0 spiro atoms. The van der Waals surface area contributed by atoms with Gasteiger partial charge in [-0.1, -0.05) is 20.8 Å². The highest BCUT2D eigenvalue weighted by molar-refractivity contribution is 9.10. The van der Waals surface area contributed by atoms with Gasteiger partial charge >= 0.3 is 0 Å². The molecule has 0 radical (unpaired) electrons. The molecule has 0 fully saturated rings. The van der Waals surface area contributed by atoms with E-state index in [0.29, 0.717) is 6.42 Å². The molecule has 120 valence electrons. The van der Waals surface area contributed by atoms with Gasteiger partial charge in [-0.3, -0.25) is 0 Å². The van der Waals surface area contributed by atoms with Crippen LogP contribution in [0.15, 0.2) is 21.5 Å². The van der Waals surface area contributed by atoms with Gasteiger partial charge in [-0.2, -0.15) is 0 Å². The summed E-state index contributed by atoms with van der Waals surface area (Å²) in [6, 6.07) is 2.18. The molecule has 0 heterocycles. The summed E-state index contributed by atoms with van der Waals surface area (Å²) in [4.78, 5) is -0.127. The number of nitrogens with one attached hydrogen (secondary N) is 1. The van der Waals surface area contributed by atoms with Crippen LogP contribution in [0.5, 0.6) is 0 Å². The first-order valence-electron chi connectivity index (χ1n) is 6.52. The minimum atomic E-state index is -3.83. The molecular weight excluding hydrogens is 359 g/mol. The lowest BCUT2D eigenvalue weighted by molar-refractivity contribution is 0.269. The van der Waals surface area contributed by atoms with Crippen LogP contribution < -0.4 is 10.5 Å². The summed E-state index contributed by atoms with van der Waals surface area (Å²) >= 11 is 2.98. The van der Waals surface area contributed by atoms with E-state index in [1.165, 1.54) is 6.07 Å². The summed E-state index contributed by atoms with van der Waals surface area (Å²) in [5, 5.41) is 0. The maximum atomic E-state index is 13.4. The second-order valence-corrected chi connectivity index (χ2v) is 9.54. The number of hydrogen-bond donors (Lipinski definition) is 2. The van der Waals surface area contributed by atoms with E-state index < -0.39 is 21.4 Å². The third kappa shape index (κ3) is 5.23. The summed E-state index contributed by atoms with van der Waals surface area (Å²) in [7, 11) is -3.83. The van der Waals surface area contributed by atoms with Gasteiger partial charge in [-0.25, -0.2) is 17.5 Å². The Hall–Kier alpha value is -0.660. The summed E-state index contributed by atoms with van der Waals surface area (Å²) in [5.74, 6) is -0.597. The van der Waals surface area contributed by atoms with E-state index in [1.54, 1.807) is 0 Å². The second-order valence-electron chi connectivity index (χ2n) is 7.03. The summed E-state index contributed by atoms with van der Waals surface area (Å²) in [6.45, 7) is 9.72. The fourth-order valence-electron chi connectivity index (χ4n) is 2.56. The van der Waals surface area contributed by atoms with Gasteiger partial charge in [0, 0.05) is 5.54 Å². The zero-order valence-electron chi connectivity index (χ0n) is 12.9. The number of benzene rings is 1. The first kappa shape index (κ1) is 18.4. The van der Waals surface area contributed by atoms with Crippen molar-refractivity contribution in [1.29, 1.82) is 0 Å². The van der Waals surface area contributed by atoms with Crippen LogP contribution in [0.1, 0.15) is 41.0 Å². The monoisotopic (exact) mass is 380 g/mol. The van der Waals surface area contributed by atoms with Crippen molar-refractivity contribution < 1.29 is 12.8 Å². The van der Waals surface area contributed by atoms with Gasteiger partial charge in [-0.15, -0.1) is 0 Å². The van der Waals surface area contributed by atoms with Gasteiger partial charge in [0.1, 0.15) is 10.7 Å². The largest absolute Gasteiger partial charge is 0.398 e. The van der Waals surface area contributed by atoms with Gasteiger partial charge in [0.2, 0.25) is 10.0 Å². The molecule has 7 heteroatoms. The molecule has 0 aliphatic heterocycles. The summed E-state index contributed by atoms with van der Waals surface area (Å²) in [6.07, 6.45) is 0.640. The first-order valence-corrected chi connectivity index (χ1v) is 8.80. The number of anilines is 1. The maximum absolute atomic E-state index is 13.4. The molecule has 0 saturated carbocycles. The van der Waals surface area contributed by atoms with Gasteiger partial charge in [0.05, 0.1) is 10.2 Å². The molecule has 0 aromatic heterocycles. The average molecular weight is 381 g/mol. The summed E-state index contributed by atoms with van der Waals surface area (Å²) < 4.78 is 41.0. The Morgan fingerprint density at radius 1 is 1.24 bits per heavy atom. The highest BCUT2D eigenvalue weighted by atomic mass is 79.9. The lowest BCUT2D eigenvalue weighted by Crippen LogP contribution is -2.45. The molecular formula is C14H22BrFN2O2S. The van der Waals surface area contributed by atoms with Crippen molar-refractivity contribution >= 4 is 31.6 Å². The zero-order chi connectivity index (χ0) is 16.6. The van der Waals surface area contributed by atoms with E-state index in [9.17, 15) is 12.8 Å². The maximum Gasteiger partial charge on any atom is 0.243 e. The Labute approximate surface area is 134 Å². The van der Waals surface area contributed by atoms with Gasteiger partial charge < -0.3 is 5.73 Å². The van der Waals surface area contributed by atoms with Crippen LogP contribution in [0.3, 0.4) is 0 Å². The van der Waals surface area contributed by atoms with Crippen LogP contribution in [0.4, 0.5) is 10.1 Å². The van der Waals surface area contributed by atoms with Crippen molar-refractivity contribution in [3.8, 4) is 0 Å². The minimum absolute atomic E-state index is 0.0407. The lowest BCUT2D eigenvalue weighted by Gasteiger charge is -2.33. The molecule has 0 atom stereocenters. The standard InChI is InChI=1S/C14H22BrFN2O2S/c1-13(2,3)8-14(4,5)18-21(19,20)12-6-9(15)10(16)7-11(12)17/h6-7,18H,8,17H2,1-5H3. The first-order chi connectivity index (χ1) is 9.23. The Morgan fingerprint density at radius 2 is 1.76 bits per heavy atom. The third-order valence-electron chi connectivity index (χ3n) is 2.73. The molecule has 3 N–H and O–H groups in total. The molecule has 0 amide bonds. The molecule has 0 saturated heterocycles. The van der Waals surface area contributed by atoms with Gasteiger partial charge in [0.15, 0.2) is 0 Å². The Morgan fingerprint density at radius 3 is 2.24 bits per heavy atom. The number of nitrogen functional groups attached to an aromatic ring is 1. The Kier molecular flexibility index (Phi) is 5.12. The number of sulfonamides is 1. The highest BCUT2D eigenvalue weighted by Crippen LogP contribution is 2.30. The molecule has 1 aromatic carbocycles. The Bertz CT molecular complexity index is 637. The van der Waals surface area contributed by atoms with Crippen molar-refractivity contribution in [3.63, 3.8) is 0 Å². The molecule has 0 aliphatic rings. The van der Waals surface area contributed by atoms with Crippen LogP contribution in [-0.2, 0) is 10.0 Å². The molecule has 21 heavy (non-hydrogen) atoms. The number of rotatable bonds is 4. The van der Waals surface area contributed by atoms with Crippen molar-refractivity contribution in [2.24, 2.45) is 5.41 Å². The van der Waals surface area contributed by atoms with Crippen molar-refractivity contribution in [2.75, 3.05) is 5.73 Å². The number of halogens is 2. The quantitative estimate of drug-likeness (QED) is 0.782. The van der Waals surface area contributed by atoms with E-state index >= 15 is 0 Å². The Balaban J connectivity index is 3.16. The van der Waals surface area contributed by atoms with E-state index in [-0.39, 0.29) is 20.5 Å². The average Bonchev–Trinajstić information content (AvgIpc) is 2.17. The smallest absolute Gasteiger partial charge is 0.243 e. The van der Waals surface area contributed by atoms with Crippen molar-refractivity contribution in [3.05, 3.63) is 22.4 Å². The molecule has 0 bridgehead atoms. The van der Waals surface area contributed by atoms with Crippen LogP contribution in [0.2, 0.25) is 0 Å². The topological polar surface area (TPSA) is 72.2 Å². The van der Waals surface area contributed by atoms with E-state index in [0.717, 1.165) is 6.07 Å². The summed E-state index contributed by atoms with van der Waals surface area (Å²) in [5.41, 5.74) is 4.84. The van der Waals surface area contributed by atoms with Crippen LogP contribution in [0, 0.1) is 11.2 Å². The second kappa shape index (κ2) is 5.85. The predicted molar refractivity (Wildman–Crippen MR) is 87.0 cm³/mol. The SMILES string of the molecule is CC(C)(C)CC(C)(C)NS(=O)(=O)c1cc(Br)c(F)cc1N. The van der Waals surface area contributed by atoms with Crippen LogP contribution >= 0.6 is 15.9 Å². The fourth-order valence-corrected chi connectivity index (χ4v) is 4.60. The highest BCUT2D eigenvalue weighted by Gasteiger charge is 2.31. The predicted octanol–water partition coefficient (Wildman–Crippen LogP) is 3.66. The third-order valence-corrected chi connectivity index (χ3v) is 5.09. The van der Waals surface area contributed by atoms with Crippen molar-refractivity contribution in [2.45, 2.75) is 51.5 Å². The van der Waals surface area contributed by atoms with Crippen molar-refractivity contribution in [1.82, 2.24) is 4.72 Å². The molecule has 1 aromatic rings. The zero-order valence-corrected chi connectivity index (χ0v) is 15.3. The molecule has 1 rings (SSSR count). The molecule has 4 nitrogen and oxygen atoms in total. The minimum Gasteiger partial charge on any atom is -0.398 e. The normalized spacial score (nSPS) is 13.5. The fraction of sp³-hybridized carbons (Fsp3) is 0.571. The van der Waals surface area contributed by atoms with Crippen LogP contribution in [-0.4, -0.2) is 14.0 Å².